The molecular formula is C28H27N3O5. The van der Waals surface area contributed by atoms with Crippen LogP contribution in [0, 0.1) is 0 Å². The fourth-order valence-electron chi connectivity index (χ4n) is 4.14. The quantitative estimate of drug-likeness (QED) is 0.404. The van der Waals surface area contributed by atoms with E-state index in [1.54, 1.807) is 37.2 Å². The number of carbonyl (C=O) groups is 1. The summed E-state index contributed by atoms with van der Waals surface area (Å²) in [6.45, 7) is 2.96. The maximum Gasteiger partial charge on any atom is 0.255 e. The predicted octanol–water partition coefficient (Wildman–Crippen LogP) is 4.82. The summed E-state index contributed by atoms with van der Waals surface area (Å²) in [6.07, 6.45) is 1.73. The van der Waals surface area contributed by atoms with E-state index >= 15 is 0 Å². The summed E-state index contributed by atoms with van der Waals surface area (Å²) in [5.41, 5.74) is 3.29. The second kappa shape index (κ2) is 10.0. The third-order valence-electron chi connectivity index (χ3n) is 6.06. The van der Waals surface area contributed by atoms with Crippen molar-refractivity contribution in [2.24, 2.45) is 0 Å². The summed E-state index contributed by atoms with van der Waals surface area (Å²) in [5, 5.41) is 7.88. The summed E-state index contributed by atoms with van der Waals surface area (Å²) in [7, 11) is 3.18. The third kappa shape index (κ3) is 4.57. The van der Waals surface area contributed by atoms with Crippen molar-refractivity contribution in [1.82, 2.24) is 15.1 Å². The van der Waals surface area contributed by atoms with Gasteiger partial charge in [0.25, 0.3) is 5.91 Å². The molecule has 3 aromatic carbocycles. The van der Waals surface area contributed by atoms with Crippen LogP contribution in [0.25, 0.3) is 16.9 Å². The Labute approximate surface area is 209 Å². The second-order valence-corrected chi connectivity index (χ2v) is 8.34. The van der Waals surface area contributed by atoms with E-state index in [0.717, 1.165) is 11.3 Å². The molecule has 1 amide bonds. The van der Waals surface area contributed by atoms with Crippen molar-refractivity contribution in [2.75, 3.05) is 27.4 Å². The SMILES string of the molecule is COc1ccc(OC)c(-c2nn(-c3ccccc3)cc2C(=O)N[C@H](C)c2ccc3c(c2)OCCO3)c1. The smallest absolute Gasteiger partial charge is 0.255 e. The van der Waals surface area contributed by atoms with Gasteiger partial charge >= 0.3 is 0 Å². The molecule has 0 radical (unpaired) electrons. The van der Waals surface area contributed by atoms with Gasteiger partial charge in [0.2, 0.25) is 0 Å². The van der Waals surface area contributed by atoms with E-state index < -0.39 is 0 Å². The summed E-state index contributed by atoms with van der Waals surface area (Å²) in [6, 6.07) is 20.5. The average molecular weight is 486 g/mol. The van der Waals surface area contributed by atoms with Gasteiger partial charge in [-0.1, -0.05) is 24.3 Å². The van der Waals surface area contributed by atoms with E-state index in [2.05, 4.69) is 5.32 Å². The van der Waals surface area contributed by atoms with Gasteiger partial charge in [0.05, 0.1) is 31.5 Å². The van der Waals surface area contributed by atoms with E-state index in [1.165, 1.54) is 0 Å². The number of amides is 1. The van der Waals surface area contributed by atoms with E-state index in [1.807, 2.05) is 61.5 Å². The third-order valence-corrected chi connectivity index (χ3v) is 6.06. The number of carbonyl (C=O) groups excluding carboxylic acids is 1. The van der Waals surface area contributed by atoms with Gasteiger partial charge in [-0.2, -0.15) is 5.10 Å². The van der Waals surface area contributed by atoms with E-state index in [0.29, 0.717) is 53.0 Å². The van der Waals surface area contributed by atoms with Crippen LogP contribution < -0.4 is 24.3 Å². The molecule has 0 spiro atoms. The number of hydrogen-bond donors (Lipinski definition) is 1. The van der Waals surface area contributed by atoms with Gasteiger partial charge in [-0.05, 0) is 55.0 Å². The van der Waals surface area contributed by atoms with Crippen molar-refractivity contribution < 1.29 is 23.7 Å². The van der Waals surface area contributed by atoms with Gasteiger partial charge in [0, 0.05) is 11.8 Å². The molecular weight excluding hydrogens is 458 g/mol. The fraction of sp³-hybridized carbons (Fsp3) is 0.214. The Kier molecular flexibility index (Phi) is 6.49. The highest BCUT2D eigenvalue weighted by molar-refractivity contribution is 6.00. The molecule has 1 aromatic heterocycles. The topological polar surface area (TPSA) is 83.8 Å². The van der Waals surface area contributed by atoms with Crippen LogP contribution in [-0.4, -0.2) is 43.1 Å². The van der Waals surface area contributed by atoms with Crippen LogP contribution in [0.5, 0.6) is 23.0 Å². The first-order chi connectivity index (χ1) is 17.6. The number of benzene rings is 3. The molecule has 184 valence electrons. The summed E-state index contributed by atoms with van der Waals surface area (Å²) < 4.78 is 24.0. The van der Waals surface area contributed by atoms with E-state index in [4.69, 9.17) is 24.0 Å². The highest BCUT2D eigenvalue weighted by atomic mass is 16.6. The summed E-state index contributed by atoms with van der Waals surface area (Å²) >= 11 is 0. The molecule has 4 aromatic rings. The molecule has 0 aliphatic carbocycles. The number of nitrogens with one attached hydrogen (secondary N) is 1. The molecule has 5 rings (SSSR count). The van der Waals surface area contributed by atoms with Crippen LogP contribution in [0.2, 0.25) is 0 Å². The standard InChI is InChI=1S/C28H27N3O5/c1-18(19-9-11-25-26(15-19)36-14-13-35-25)29-28(32)23-17-31(20-7-5-4-6-8-20)30-27(23)22-16-21(33-2)10-12-24(22)34-3/h4-12,15-18H,13-14H2,1-3H3,(H,29,32)/t18-/m1/s1. The van der Waals surface area contributed by atoms with Crippen molar-refractivity contribution in [3.8, 4) is 39.9 Å². The van der Waals surface area contributed by atoms with Crippen molar-refractivity contribution >= 4 is 5.91 Å². The molecule has 0 fully saturated rings. The highest BCUT2D eigenvalue weighted by Gasteiger charge is 2.24. The molecule has 36 heavy (non-hydrogen) atoms. The zero-order valence-electron chi connectivity index (χ0n) is 20.4. The van der Waals surface area contributed by atoms with Crippen LogP contribution in [0.3, 0.4) is 0 Å². The number of hydrogen-bond acceptors (Lipinski definition) is 6. The van der Waals surface area contributed by atoms with E-state index in [9.17, 15) is 4.79 Å². The lowest BCUT2D eigenvalue weighted by atomic mass is 10.0. The first-order valence-electron chi connectivity index (χ1n) is 11.7. The van der Waals surface area contributed by atoms with Crippen LogP contribution in [-0.2, 0) is 0 Å². The Bertz CT molecular complexity index is 1380. The van der Waals surface area contributed by atoms with Gasteiger partial charge in [0.15, 0.2) is 11.5 Å². The monoisotopic (exact) mass is 485 g/mol. The Morgan fingerprint density at radius 2 is 1.75 bits per heavy atom. The molecule has 0 unspecified atom stereocenters. The van der Waals surface area contributed by atoms with Crippen LogP contribution in [0.1, 0.15) is 28.9 Å². The van der Waals surface area contributed by atoms with Crippen molar-refractivity contribution in [3.63, 3.8) is 0 Å². The average Bonchev–Trinajstić information content (AvgIpc) is 3.38. The molecule has 0 saturated heterocycles. The van der Waals surface area contributed by atoms with Gasteiger partial charge < -0.3 is 24.3 Å². The van der Waals surface area contributed by atoms with Crippen molar-refractivity contribution in [1.29, 1.82) is 0 Å². The largest absolute Gasteiger partial charge is 0.497 e. The van der Waals surface area contributed by atoms with Crippen LogP contribution in [0.4, 0.5) is 0 Å². The molecule has 0 saturated carbocycles. The molecule has 0 bridgehead atoms. The number of nitrogens with zero attached hydrogens (tertiary/aromatic N) is 2. The maximum absolute atomic E-state index is 13.6. The Morgan fingerprint density at radius 3 is 2.50 bits per heavy atom. The molecule has 8 nitrogen and oxygen atoms in total. The molecule has 8 heteroatoms. The lowest BCUT2D eigenvalue weighted by molar-refractivity contribution is 0.0940. The first kappa shape index (κ1) is 23.3. The number of fused-ring (bicyclic) bond motifs is 1. The van der Waals surface area contributed by atoms with Crippen molar-refractivity contribution in [3.05, 3.63) is 84.1 Å². The maximum atomic E-state index is 13.6. The van der Waals surface area contributed by atoms with Crippen molar-refractivity contribution in [2.45, 2.75) is 13.0 Å². The molecule has 1 N–H and O–H groups in total. The van der Waals surface area contributed by atoms with Gasteiger partial charge in [-0.3, -0.25) is 4.79 Å². The zero-order chi connectivity index (χ0) is 25.1. The zero-order valence-corrected chi connectivity index (χ0v) is 20.4. The van der Waals surface area contributed by atoms with E-state index in [-0.39, 0.29) is 11.9 Å². The Morgan fingerprint density at radius 1 is 0.972 bits per heavy atom. The van der Waals surface area contributed by atoms with Gasteiger partial charge in [0.1, 0.15) is 30.4 Å². The lowest BCUT2D eigenvalue weighted by Gasteiger charge is -2.21. The molecule has 2 heterocycles. The molecule has 1 aliphatic rings. The Hall–Kier alpha value is -4.46. The molecule has 1 aliphatic heterocycles. The van der Waals surface area contributed by atoms with Gasteiger partial charge in [-0.25, -0.2) is 4.68 Å². The molecule has 1 atom stereocenters. The number of methoxy groups -OCH3 is 2. The first-order valence-corrected chi connectivity index (χ1v) is 11.7. The number of para-hydroxylation sites is 1. The highest BCUT2D eigenvalue weighted by Crippen LogP contribution is 2.36. The lowest BCUT2D eigenvalue weighted by Crippen LogP contribution is -2.27. The number of aromatic nitrogens is 2. The number of ether oxygens (including phenoxy) is 4. The fourth-order valence-corrected chi connectivity index (χ4v) is 4.14. The Balaban J connectivity index is 1.52. The normalized spacial score (nSPS) is 13.1. The second-order valence-electron chi connectivity index (χ2n) is 8.34. The van der Waals surface area contributed by atoms with Gasteiger partial charge in [-0.15, -0.1) is 0 Å². The summed E-state index contributed by atoms with van der Waals surface area (Å²) in [5.74, 6) is 2.34. The minimum Gasteiger partial charge on any atom is -0.497 e. The van der Waals surface area contributed by atoms with Crippen LogP contribution in [0.15, 0.2) is 72.9 Å². The minimum absolute atomic E-state index is 0.264. The summed E-state index contributed by atoms with van der Waals surface area (Å²) in [4.78, 5) is 13.6. The minimum atomic E-state index is -0.284. The number of rotatable bonds is 7. The van der Waals surface area contributed by atoms with Crippen LogP contribution >= 0.6 is 0 Å². The predicted molar refractivity (Wildman–Crippen MR) is 135 cm³/mol.